The molecular formula is C13H18ClNO3. The minimum Gasteiger partial charge on any atom is -0.484 e. The van der Waals surface area contributed by atoms with E-state index in [1.165, 1.54) is 0 Å². The number of carbonyl (C=O) groups excluding carboxylic acids is 1. The van der Waals surface area contributed by atoms with Crippen molar-refractivity contribution in [1.29, 1.82) is 0 Å². The molecule has 4 nitrogen and oxygen atoms in total. The lowest BCUT2D eigenvalue weighted by Gasteiger charge is -2.10. The molecule has 1 atom stereocenters. The van der Waals surface area contributed by atoms with Crippen molar-refractivity contribution < 1.29 is 14.6 Å². The van der Waals surface area contributed by atoms with Crippen LogP contribution >= 0.6 is 11.6 Å². The van der Waals surface area contributed by atoms with E-state index in [0.29, 0.717) is 23.7 Å². The number of aryl methyl sites for hydroxylation is 1. The van der Waals surface area contributed by atoms with Crippen LogP contribution in [0.15, 0.2) is 18.2 Å². The Morgan fingerprint density at radius 2 is 2.28 bits per heavy atom. The third kappa shape index (κ3) is 5.38. The largest absolute Gasteiger partial charge is 0.484 e. The van der Waals surface area contributed by atoms with Crippen LogP contribution < -0.4 is 10.1 Å². The summed E-state index contributed by atoms with van der Waals surface area (Å²) in [5.41, 5.74) is 0.888. The van der Waals surface area contributed by atoms with Crippen LogP contribution in [0.25, 0.3) is 0 Å². The Kier molecular flexibility index (Phi) is 5.95. The summed E-state index contributed by atoms with van der Waals surface area (Å²) in [5.74, 6) is 0.440. The molecule has 0 saturated carbocycles. The monoisotopic (exact) mass is 271 g/mol. The first-order chi connectivity index (χ1) is 8.49. The van der Waals surface area contributed by atoms with E-state index in [0.717, 1.165) is 5.56 Å². The Labute approximate surface area is 112 Å². The average molecular weight is 272 g/mol. The lowest BCUT2D eigenvalue weighted by Crippen LogP contribution is -2.31. The highest BCUT2D eigenvalue weighted by molar-refractivity contribution is 6.30. The van der Waals surface area contributed by atoms with Crippen LogP contribution in [0.5, 0.6) is 5.75 Å². The number of rotatable bonds is 6. The summed E-state index contributed by atoms with van der Waals surface area (Å²) in [6, 6.07) is 5.23. The van der Waals surface area contributed by atoms with Crippen LogP contribution in [0, 0.1) is 6.92 Å². The van der Waals surface area contributed by atoms with E-state index >= 15 is 0 Å². The topological polar surface area (TPSA) is 58.6 Å². The minimum absolute atomic E-state index is 0.0394. The van der Waals surface area contributed by atoms with Gasteiger partial charge >= 0.3 is 0 Å². The molecule has 0 aliphatic rings. The zero-order chi connectivity index (χ0) is 13.5. The van der Waals surface area contributed by atoms with Gasteiger partial charge in [0.05, 0.1) is 6.10 Å². The van der Waals surface area contributed by atoms with E-state index < -0.39 is 6.10 Å². The van der Waals surface area contributed by atoms with E-state index in [2.05, 4.69) is 5.32 Å². The van der Waals surface area contributed by atoms with E-state index in [9.17, 15) is 4.79 Å². The van der Waals surface area contributed by atoms with Crippen LogP contribution in [0.3, 0.4) is 0 Å². The molecule has 1 aromatic carbocycles. The molecule has 0 spiro atoms. The van der Waals surface area contributed by atoms with Crippen molar-refractivity contribution in [3.63, 3.8) is 0 Å². The average Bonchev–Trinajstić information content (AvgIpc) is 2.27. The molecule has 0 aromatic heterocycles. The Balaban J connectivity index is 2.33. The standard InChI is InChI=1S/C13H18ClNO3/c1-9-7-11(14)3-4-12(9)18-8-13(17)15-6-5-10(2)16/h3-4,7,10,16H,5-6,8H2,1-2H3,(H,15,17). The number of ether oxygens (including phenoxy) is 1. The SMILES string of the molecule is Cc1cc(Cl)ccc1OCC(=O)NCCC(C)O. The number of hydrogen-bond donors (Lipinski definition) is 2. The van der Waals surface area contributed by atoms with Gasteiger partial charge in [0, 0.05) is 11.6 Å². The predicted octanol–water partition coefficient (Wildman–Crippen LogP) is 1.91. The Morgan fingerprint density at radius 1 is 1.56 bits per heavy atom. The molecule has 0 saturated heterocycles. The van der Waals surface area contributed by atoms with Crippen LogP contribution in [-0.2, 0) is 4.79 Å². The molecule has 0 heterocycles. The second-order valence-corrected chi connectivity index (χ2v) is 4.62. The van der Waals surface area contributed by atoms with E-state index in [1.54, 1.807) is 25.1 Å². The maximum atomic E-state index is 11.4. The number of halogens is 1. The Hall–Kier alpha value is -1.26. The normalized spacial score (nSPS) is 12.0. The van der Waals surface area contributed by atoms with Gasteiger partial charge in [-0.05, 0) is 44.0 Å². The summed E-state index contributed by atoms with van der Waals surface area (Å²) < 4.78 is 5.38. The maximum Gasteiger partial charge on any atom is 0.257 e. The lowest BCUT2D eigenvalue weighted by atomic mass is 10.2. The van der Waals surface area contributed by atoms with Crippen LogP contribution in [-0.4, -0.2) is 30.3 Å². The van der Waals surface area contributed by atoms with Crippen molar-refractivity contribution in [2.75, 3.05) is 13.2 Å². The second-order valence-electron chi connectivity index (χ2n) is 4.19. The molecule has 0 radical (unpaired) electrons. The van der Waals surface area contributed by atoms with Crippen molar-refractivity contribution in [2.45, 2.75) is 26.4 Å². The highest BCUT2D eigenvalue weighted by Gasteiger charge is 2.05. The summed E-state index contributed by atoms with van der Waals surface area (Å²) in [6.07, 6.45) is 0.121. The molecular weight excluding hydrogens is 254 g/mol. The number of nitrogens with one attached hydrogen (secondary N) is 1. The van der Waals surface area contributed by atoms with E-state index in [4.69, 9.17) is 21.4 Å². The van der Waals surface area contributed by atoms with Gasteiger partial charge in [-0.2, -0.15) is 0 Å². The van der Waals surface area contributed by atoms with Gasteiger partial charge in [0.25, 0.3) is 5.91 Å². The van der Waals surface area contributed by atoms with E-state index in [-0.39, 0.29) is 12.5 Å². The third-order valence-corrected chi connectivity index (χ3v) is 2.62. The van der Waals surface area contributed by atoms with Gasteiger partial charge in [0.2, 0.25) is 0 Å². The predicted molar refractivity (Wildman–Crippen MR) is 71.0 cm³/mol. The fourth-order valence-corrected chi connectivity index (χ4v) is 1.62. The summed E-state index contributed by atoms with van der Waals surface area (Å²) in [7, 11) is 0. The van der Waals surface area contributed by atoms with Crippen molar-refractivity contribution >= 4 is 17.5 Å². The minimum atomic E-state index is -0.412. The van der Waals surface area contributed by atoms with Gasteiger partial charge in [-0.3, -0.25) is 4.79 Å². The van der Waals surface area contributed by atoms with Crippen molar-refractivity contribution in [3.8, 4) is 5.75 Å². The summed E-state index contributed by atoms with van der Waals surface area (Å²) >= 11 is 5.82. The molecule has 1 rings (SSSR count). The molecule has 1 unspecified atom stereocenters. The Morgan fingerprint density at radius 3 is 2.89 bits per heavy atom. The lowest BCUT2D eigenvalue weighted by molar-refractivity contribution is -0.123. The molecule has 18 heavy (non-hydrogen) atoms. The molecule has 2 N–H and O–H groups in total. The molecule has 0 aliphatic heterocycles. The van der Waals surface area contributed by atoms with E-state index in [1.807, 2.05) is 6.92 Å². The number of aliphatic hydroxyl groups is 1. The van der Waals surface area contributed by atoms with Gasteiger partial charge < -0.3 is 15.2 Å². The Bertz CT molecular complexity index is 407. The zero-order valence-corrected chi connectivity index (χ0v) is 11.3. The number of hydrogen-bond acceptors (Lipinski definition) is 3. The molecule has 0 bridgehead atoms. The maximum absolute atomic E-state index is 11.4. The van der Waals surface area contributed by atoms with Crippen molar-refractivity contribution in [2.24, 2.45) is 0 Å². The number of amides is 1. The molecule has 5 heteroatoms. The molecule has 0 aliphatic carbocycles. The highest BCUT2D eigenvalue weighted by Crippen LogP contribution is 2.21. The molecule has 100 valence electrons. The van der Waals surface area contributed by atoms with Gasteiger partial charge in [-0.1, -0.05) is 11.6 Å². The number of benzene rings is 1. The summed E-state index contributed by atoms with van der Waals surface area (Å²) in [5, 5.41) is 12.3. The smallest absolute Gasteiger partial charge is 0.257 e. The first-order valence-electron chi connectivity index (χ1n) is 5.82. The van der Waals surface area contributed by atoms with Crippen molar-refractivity contribution in [1.82, 2.24) is 5.32 Å². The second kappa shape index (κ2) is 7.24. The first kappa shape index (κ1) is 14.8. The van der Waals surface area contributed by atoms with Crippen LogP contribution in [0.2, 0.25) is 5.02 Å². The van der Waals surface area contributed by atoms with Gasteiger partial charge in [-0.25, -0.2) is 0 Å². The quantitative estimate of drug-likeness (QED) is 0.831. The number of carbonyl (C=O) groups is 1. The molecule has 0 fully saturated rings. The number of aliphatic hydroxyl groups excluding tert-OH is 1. The highest BCUT2D eigenvalue weighted by atomic mass is 35.5. The molecule has 1 aromatic rings. The van der Waals surface area contributed by atoms with Crippen molar-refractivity contribution in [3.05, 3.63) is 28.8 Å². The fourth-order valence-electron chi connectivity index (χ4n) is 1.39. The fraction of sp³-hybridized carbons (Fsp3) is 0.462. The van der Waals surface area contributed by atoms with Gasteiger partial charge in [-0.15, -0.1) is 0 Å². The van der Waals surface area contributed by atoms with Crippen LogP contribution in [0.1, 0.15) is 18.9 Å². The van der Waals surface area contributed by atoms with Gasteiger partial charge in [0.1, 0.15) is 5.75 Å². The van der Waals surface area contributed by atoms with Gasteiger partial charge in [0.15, 0.2) is 6.61 Å². The first-order valence-corrected chi connectivity index (χ1v) is 6.20. The zero-order valence-electron chi connectivity index (χ0n) is 10.6. The third-order valence-electron chi connectivity index (χ3n) is 2.38. The molecule has 1 amide bonds. The summed E-state index contributed by atoms with van der Waals surface area (Å²) in [6.45, 7) is 3.95. The van der Waals surface area contributed by atoms with Crippen LogP contribution in [0.4, 0.5) is 0 Å². The summed E-state index contributed by atoms with van der Waals surface area (Å²) in [4.78, 5) is 11.4.